The maximum atomic E-state index is 11.2. The molecule has 0 amide bonds. The first-order chi connectivity index (χ1) is 6.27. The summed E-state index contributed by atoms with van der Waals surface area (Å²) in [5, 5.41) is 0. The van der Waals surface area contributed by atoms with Gasteiger partial charge in [-0.05, 0) is 13.3 Å². The first-order valence-electron chi connectivity index (χ1n) is 4.42. The van der Waals surface area contributed by atoms with Crippen LogP contribution >= 0.6 is 0 Å². The van der Waals surface area contributed by atoms with Crippen molar-refractivity contribution in [2.24, 2.45) is 0 Å². The lowest BCUT2D eigenvalue weighted by molar-refractivity contribution is -0.179. The van der Waals surface area contributed by atoms with Gasteiger partial charge in [-0.1, -0.05) is 6.92 Å². The predicted octanol–water partition coefficient (Wildman–Crippen LogP) is 1.21. The highest BCUT2D eigenvalue weighted by Gasteiger charge is 2.24. The van der Waals surface area contributed by atoms with Gasteiger partial charge in [-0.15, -0.1) is 0 Å². The lowest BCUT2D eigenvalue weighted by Crippen LogP contribution is -2.32. The van der Waals surface area contributed by atoms with Gasteiger partial charge in [-0.25, -0.2) is 4.79 Å². The van der Waals surface area contributed by atoms with Crippen molar-refractivity contribution in [3.8, 4) is 0 Å². The molecule has 0 fully saturated rings. The van der Waals surface area contributed by atoms with Gasteiger partial charge in [0, 0.05) is 6.08 Å². The maximum absolute atomic E-state index is 11.2. The van der Waals surface area contributed by atoms with E-state index < -0.39 is 6.10 Å². The van der Waals surface area contributed by atoms with Crippen molar-refractivity contribution in [3.63, 3.8) is 0 Å². The van der Waals surface area contributed by atoms with Crippen LogP contribution in [0.1, 0.15) is 20.3 Å². The summed E-state index contributed by atoms with van der Waals surface area (Å²) in [6.45, 7) is 4.01. The summed E-state index contributed by atoms with van der Waals surface area (Å²) < 4.78 is 15.0. The first kappa shape index (κ1) is 10.1. The Balaban J connectivity index is 2.32. The zero-order valence-electron chi connectivity index (χ0n) is 7.86. The average Bonchev–Trinajstić information content (AvgIpc) is 2.03. The van der Waals surface area contributed by atoms with Crippen LogP contribution in [-0.4, -0.2) is 25.0 Å². The van der Waals surface area contributed by atoms with Gasteiger partial charge in [-0.3, -0.25) is 0 Å². The van der Waals surface area contributed by atoms with E-state index in [1.807, 2.05) is 6.92 Å². The van der Waals surface area contributed by atoms with E-state index in [4.69, 9.17) is 14.2 Å². The zero-order chi connectivity index (χ0) is 9.68. The Kier molecular flexibility index (Phi) is 3.76. The quantitative estimate of drug-likeness (QED) is 0.605. The third-order valence-corrected chi connectivity index (χ3v) is 1.67. The molecule has 0 radical (unpaired) electrons. The minimum Gasteiger partial charge on any atom is -0.469 e. The van der Waals surface area contributed by atoms with Crippen molar-refractivity contribution in [1.29, 1.82) is 0 Å². The van der Waals surface area contributed by atoms with Crippen LogP contribution in [0.2, 0.25) is 0 Å². The second kappa shape index (κ2) is 4.87. The van der Waals surface area contributed by atoms with E-state index in [9.17, 15) is 4.79 Å². The third kappa shape index (κ3) is 2.73. The van der Waals surface area contributed by atoms with Gasteiger partial charge in [0.1, 0.15) is 0 Å². The molecule has 0 aromatic heterocycles. The van der Waals surface area contributed by atoms with Gasteiger partial charge in [-0.2, -0.15) is 0 Å². The Morgan fingerprint density at radius 3 is 2.69 bits per heavy atom. The largest absolute Gasteiger partial charge is 0.469 e. The molecule has 0 N–H and O–H groups in total. The van der Waals surface area contributed by atoms with E-state index >= 15 is 0 Å². The van der Waals surface area contributed by atoms with Crippen molar-refractivity contribution in [3.05, 3.63) is 12.3 Å². The normalized spacial score (nSPS) is 21.5. The van der Waals surface area contributed by atoms with E-state index in [2.05, 4.69) is 0 Å². The topological polar surface area (TPSA) is 44.8 Å². The summed E-state index contributed by atoms with van der Waals surface area (Å²) in [6.07, 6.45) is 2.96. The summed E-state index contributed by atoms with van der Waals surface area (Å²) in [7, 11) is 0. The van der Waals surface area contributed by atoms with E-state index in [0.717, 1.165) is 0 Å². The number of carbonyl (C=O) groups excluding carboxylic acids is 1. The summed E-state index contributed by atoms with van der Waals surface area (Å²) >= 11 is 0. The number of hydrogen-bond donors (Lipinski definition) is 0. The molecular weight excluding hydrogens is 172 g/mol. The van der Waals surface area contributed by atoms with Crippen LogP contribution in [0.4, 0.5) is 0 Å². The number of hydrogen-bond acceptors (Lipinski definition) is 4. The summed E-state index contributed by atoms with van der Waals surface area (Å²) in [4.78, 5) is 11.2. The molecule has 4 heteroatoms. The molecule has 0 spiro atoms. The van der Waals surface area contributed by atoms with Crippen molar-refractivity contribution >= 4 is 5.97 Å². The Hall–Kier alpha value is -1.03. The molecule has 0 aromatic rings. The second-order valence-corrected chi connectivity index (χ2v) is 2.62. The van der Waals surface area contributed by atoms with Crippen molar-refractivity contribution in [2.45, 2.75) is 32.7 Å². The highest BCUT2D eigenvalue weighted by Crippen LogP contribution is 2.13. The molecule has 0 saturated heterocycles. The number of esters is 1. The summed E-state index contributed by atoms with van der Waals surface area (Å²) in [5.74, 6) is -0.325. The fourth-order valence-corrected chi connectivity index (χ4v) is 0.936. The van der Waals surface area contributed by atoms with Crippen molar-refractivity contribution in [2.75, 3.05) is 6.61 Å². The molecule has 2 unspecified atom stereocenters. The summed E-state index contributed by atoms with van der Waals surface area (Å²) in [6, 6.07) is 0. The molecule has 1 aliphatic rings. The van der Waals surface area contributed by atoms with Crippen LogP contribution in [0.25, 0.3) is 0 Å². The van der Waals surface area contributed by atoms with Crippen LogP contribution in [0.3, 0.4) is 0 Å². The molecule has 0 aliphatic carbocycles. The van der Waals surface area contributed by atoms with Crippen molar-refractivity contribution < 1.29 is 19.0 Å². The van der Waals surface area contributed by atoms with Crippen LogP contribution in [0.15, 0.2) is 12.3 Å². The number of ether oxygens (including phenoxy) is 3. The van der Waals surface area contributed by atoms with Crippen LogP contribution in [0.5, 0.6) is 0 Å². The van der Waals surface area contributed by atoms with Gasteiger partial charge < -0.3 is 14.2 Å². The molecule has 13 heavy (non-hydrogen) atoms. The predicted molar refractivity (Wildman–Crippen MR) is 45.8 cm³/mol. The lowest BCUT2D eigenvalue weighted by atomic mass is 10.3. The molecule has 1 heterocycles. The van der Waals surface area contributed by atoms with Gasteiger partial charge in [0.25, 0.3) is 0 Å². The lowest BCUT2D eigenvalue weighted by Gasteiger charge is -2.24. The first-order valence-corrected chi connectivity index (χ1v) is 4.42. The van der Waals surface area contributed by atoms with Crippen molar-refractivity contribution in [1.82, 2.24) is 0 Å². The highest BCUT2D eigenvalue weighted by molar-refractivity contribution is 5.74. The third-order valence-electron chi connectivity index (χ3n) is 1.67. The molecule has 1 rings (SSSR count). The zero-order valence-corrected chi connectivity index (χ0v) is 7.86. The van der Waals surface area contributed by atoms with Gasteiger partial charge in [0.05, 0.1) is 12.9 Å². The standard InChI is InChI=1S/C9H14O4/c1-3-7(9(10)11-4-2)13-8-5-6-12-8/h5-8H,3-4H2,1-2H3. The fraction of sp³-hybridized carbons (Fsp3) is 0.667. The van der Waals surface area contributed by atoms with Crippen LogP contribution in [-0.2, 0) is 19.0 Å². The second-order valence-electron chi connectivity index (χ2n) is 2.62. The highest BCUT2D eigenvalue weighted by atomic mass is 16.7. The molecule has 0 saturated carbocycles. The smallest absolute Gasteiger partial charge is 0.335 e. The number of carbonyl (C=O) groups is 1. The Labute approximate surface area is 77.5 Å². The van der Waals surface area contributed by atoms with Gasteiger partial charge >= 0.3 is 5.97 Å². The summed E-state index contributed by atoms with van der Waals surface area (Å²) in [5.41, 5.74) is 0. The Bertz CT molecular complexity index is 200. The van der Waals surface area contributed by atoms with Crippen LogP contribution < -0.4 is 0 Å². The molecule has 0 bridgehead atoms. The molecular formula is C9H14O4. The van der Waals surface area contributed by atoms with E-state index in [0.29, 0.717) is 13.0 Å². The molecule has 0 aromatic carbocycles. The molecule has 1 aliphatic heterocycles. The fourth-order valence-electron chi connectivity index (χ4n) is 0.936. The van der Waals surface area contributed by atoms with Gasteiger partial charge in [0.2, 0.25) is 6.29 Å². The minimum absolute atomic E-state index is 0.325. The monoisotopic (exact) mass is 186 g/mol. The Morgan fingerprint density at radius 2 is 2.31 bits per heavy atom. The molecule has 74 valence electrons. The van der Waals surface area contributed by atoms with E-state index in [-0.39, 0.29) is 12.3 Å². The number of rotatable bonds is 5. The average molecular weight is 186 g/mol. The SMILES string of the molecule is CCOC(=O)C(CC)OC1C=CO1. The van der Waals surface area contributed by atoms with Gasteiger partial charge in [0.15, 0.2) is 6.10 Å². The molecule has 4 nitrogen and oxygen atoms in total. The minimum atomic E-state index is -0.519. The van der Waals surface area contributed by atoms with E-state index in [1.54, 1.807) is 13.0 Å². The van der Waals surface area contributed by atoms with Crippen LogP contribution in [0, 0.1) is 0 Å². The van der Waals surface area contributed by atoms with E-state index in [1.165, 1.54) is 6.26 Å². The Morgan fingerprint density at radius 1 is 1.62 bits per heavy atom. The maximum Gasteiger partial charge on any atom is 0.335 e. The molecule has 2 atom stereocenters.